The molecule has 0 saturated carbocycles. The molecule has 0 aliphatic carbocycles. The van der Waals surface area contributed by atoms with Gasteiger partial charge in [0.2, 0.25) is 0 Å². The number of esters is 3. The van der Waals surface area contributed by atoms with E-state index in [2.05, 4.69) is 81.5 Å². The maximum absolute atomic E-state index is 12.9. The summed E-state index contributed by atoms with van der Waals surface area (Å²) in [6.07, 6.45) is 79.5. The summed E-state index contributed by atoms with van der Waals surface area (Å²) >= 11 is 0. The van der Waals surface area contributed by atoms with Gasteiger partial charge >= 0.3 is 17.9 Å². The van der Waals surface area contributed by atoms with Crippen LogP contribution in [0.15, 0.2) is 60.8 Å². The molecule has 0 heterocycles. The third kappa shape index (κ3) is 60.0. The molecule has 0 aromatic heterocycles. The van der Waals surface area contributed by atoms with Crippen LogP contribution in [0.3, 0.4) is 0 Å². The Bertz CT molecular complexity index is 1330. The lowest BCUT2D eigenvalue weighted by Gasteiger charge is -2.18. The summed E-state index contributed by atoms with van der Waals surface area (Å²) in [5, 5.41) is 0. The van der Waals surface area contributed by atoms with Crippen LogP contribution in [0.4, 0.5) is 0 Å². The van der Waals surface area contributed by atoms with Crippen LogP contribution in [0.25, 0.3) is 0 Å². The second-order valence-corrected chi connectivity index (χ2v) is 21.6. The number of hydrogen-bond acceptors (Lipinski definition) is 6. The van der Waals surface area contributed by atoms with Crippen LogP contribution in [-0.2, 0) is 28.6 Å². The van der Waals surface area contributed by atoms with Crippen molar-refractivity contribution < 1.29 is 28.6 Å². The second kappa shape index (κ2) is 62.6. The van der Waals surface area contributed by atoms with Gasteiger partial charge in [0.05, 0.1) is 0 Å². The van der Waals surface area contributed by atoms with Crippen LogP contribution in [0.1, 0.15) is 335 Å². The lowest BCUT2D eigenvalue weighted by Crippen LogP contribution is -2.30. The fourth-order valence-corrected chi connectivity index (χ4v) is 9.43. The third-order valence-corrected chi connectivity index (χ3v) is 14.3. The molecule has 0 rings (SSSR count). The van der Waals surface area contributed by atoms with Crippen molar-refractivity contribution in [2.75, 3.05) is 13.2 Å². The first-order valence-corrected chi connectivity index (χ1v) is 32.3. The fraction of sp³-hybridized carbons (Fsp3) is 0.809. The molecule has 0 spiro atoms. The second-order valence-electron chi connectivity index (χ2n) is 21.6. The minimum atomic E-state index is -0.784. The average molecular weight is 1040 g/mol. The molecule has 0 bridgehead atoms. The lowest BCUT2D eigenvalue weighted by atomic mass is 10.0. The lowest BCUT2D eigenvalue weighted by molar-refractivity contribution is -0.167. The number of carbonyl (C=O) groups excluding carboxylic acids is 3. The molecule has 0 aromatic rings. The quantitative estimate of drug-likeness (QED) is 0.0261. The van der Waals surface area contributed by atoms with Gasteiger partial charge in [0.15, 0.2) is 6.10 Å². The predicted molar refractivity (Wildman–Crippen MR) is 321 cm³/mol. The van der Waals surface area contributed by atoms with Gasteiger partial charge in [0, 0.05) is 19.3 Å². The van der Waals surface area contributed by atoms with E-state index in [-0.39, 0.29) is 31.1 Å². The summed E-state index contributed by atoms with van der Waals surface area (Å²) in [4.78, 5) is 38.2. The van der Waals surface area contributed by atoms with Crippen molar-refractivity contribution in [3.8, 4) is 0 Å². The molecule has 430 valence electrons. The van der Waals surface area contributed by atoms with E-state index < -0.39 is 6.10 Å². The van der Waals surface area contributed by atoms with Crippen LogP contribution < -0.4 is 0 Å². The molecule has 0 amide bonds. The van der Waals surface area contributed by atoms with Gasteiger partial charge < -0.3 is 14.2 Å². The van der Waals surface area contributed by atoms with Crippen molar-refractivity contribution in [2.24, 2.45) is 0 Å². The summed E-state index contributed by atoms with van der Waals surface area (Å²) < 4.78 is 16.9. The number of rotatable bonds is 59. The largest absolute Gasteiger partial charge is 0.462 e. The van der Waals surface area contributed by atoms with Gasteiger partial charge in [-0.2, -0.15) is 0 Å². The van der Waals surface area contributed by atoms with Gasteiger partial charge in [-0.05, 0) is 83.5 Å². The Hall–Kier alpha value is -2.89. The zero-order chi connectivity index (χ0) is 53.6. The van der Waals surface area contributed by atoms with Gasteiger partial charge in [-0.15, -0.1) is 0 Å². The molecule has 0 saturated heterocycles. The first kappa shape index (κ1) is 71.1. The summed E-state index contributed by atoms with van der Waals surface area (Å²) in [6.45, 7) is 6.54. The van der Waals surface area contributed by atoms with Crippen LogP contribution >= 0.6 is 0 Å². The molecular weight excluding hydrogens is 913 g/mol. The molecule has 1 atom stereocenters. The molecular formula is C68H122O6. The maximum Gasteiger partial charge on any atom is 0.306 e. The van der Waals surface area contributed by atoms with Crippen LogP contribution in [-0.4, -0.2) is 37.2 Å². The summed E-state index contributed by atoms with van der Waals surface area (Å²) in [5.41, 5.74) is 0. The number of carbonyl (C=O) groups is 3. The van der Waals surface area contributed by atoms with Crippen molar-refractivity contribution in [2.45, 2.75) is 341 Å². The molecule has 0 aliphatic heterocycles. The molecule has 1 unspecified atom stereocenters. The Balaban J connectivity index is 4.23. The van der Waals surface area contributed by atoms with Crippen molar-refractivity contribution in [3.63, 3.8) is 0 Å². The van der Waals surface area contributed by atoms with E-state index in [1.165, 1.54) is 205 Å². The van der Waals surface area contributed by atoms with Crippen molar-refractivity contribution in [1.29, 1.82) is 0 Å². The standard InChI is InChI=1S/C68H122O6/c1-4-7-10-13-16-19-22-25-27-29-30-31-32-33-34-35-36-37-38-39-41-43-46-49-52-55-58-61-67(70)73-64-65(63-72-66(69)60-57-54-51-48-45-42-24-21-18-15-12-9-6-3)74-68(71)62-59-56-53-50-47-44-40-28-26-23-20-17-14-11-8-5-2/h9,12,18,21-22,25,29-30,42,45,65H,4-8,10-11,13-17,19-20,23-24,26-28,31-41,43-44,46-64H2,1-3H3/b12-9-,21-18-,25-22-,30-29-,45-42-. The zero-order valence-corrected chi connectivity index (χ0v) is 49.4. The molecule has 0 aromatic carbocycles. The molecule has 74 heavy (non-hydrogen) atoms. The molecule has 6 nitrogen and oxygen atoms in total. The van der Waals surface area contributed by atoms with Crippen molar-refractivity contribution in [1.82, 2.24) is 0 Å². The predicted octanol–water partition coefficient (Wildman–Crippen LogP) is 21.9. The SMILES string of the molecule is CC/C=C\C/C=C\C/C=C\CCCCCC(=O)OCC(COC(=O)CCCCCCCCCCCCCCCCC/C=C\C/C=C\CCCCCCC)OC(=O)CCCCCCCCCCCCCCCCCC. The monoisotopic (exact) mass is 1030 g/mol. The van der Waals surface area contributed by atoms with Gasteiger partial charge in [-0.3, -0.25) is 14.4 Å². The van der Waals surface area contributed by atoms with Gasteiger partial charge in [0.25, 0.3) is 0 Å². The normalized spacial score (nSPS) is 12.4. The highest BCUT2D eigenvalue weighted by molar-refractivity contribution is 5.71. The number of hydrogen-bond donors (Lipinski definition) is 0. The molecule has 0 N–H and O–H groups in total. The minimum Gasteiger partial charge on any atom is -0.462 e. The van der Waals surface area contributed by atoms with Crippen LogP contribution in [0, 0.1) is 0 Å². The Morgan fingerprint density at radius 2 is 0.527 bits per heavy atom. The minimum absolute atomic E-state index is 0.0799. The molecule has 6 heteroatoms. The fourth-order valence-electron chi connectivity index (χ4n) is 9.43. The summed E-state index contributed by atoms with van der Waals surface area (Å²) in [6, 6.07) is 0. The number of ether oxygens (including phenoxy) is 3. The molecule has 0 aliphatic rings. The maximum atomic E-state index is 12.9. The van der Waals surface area contributed by atoms with Crippen LogP contribution in [0.5, 0.6) is 0 Å². The Morgan fingerprint density at radius 1 is 0.284 bits per heavy atom. The van der Waals surface area contributed by atoms with Crippen molar-refractivity contribution in [3.05, 3.63) is 60.8 Å². The first-order chi connectivity index (χ1) is 36.5. The van der Waals surface area contributed by atoms with E-state index in [9.17, 15) is 14.4 Å². The Labute approximate surface area is 460 Å². The Kier molecular flexibility index (Phi) is 60.2. The van der Waals surface area contributed by atoms with Gasteiger partial charge in [0.1, 0.15) is 13.2 Å². The number of allylic oxidation sites excluding steroid dienone is 10. The highest BCUT2D eigenvalue weighted by atomic mass is 16.6. The average Bonchev–Trinajstić information content (AvgIpc) is 3.40. The topological polar surface area (TPSA) is 78.9 Å². The summed E-state index contributed by atoms with van der Waals surface area (Å²) in [7, 11) is 0. The van der Waals surface area contributed by atoms with Crippen LogP contribution in [0.2, 0.25) is 0 Å². The number of unbranched alkanes of at least 4 members (excludes halogenated alkanes) is 38. The van der Waals surface area contributed by atoms with E-state index in [0.29, 0.717) is 19.3 Å². The van der Waals surface area contributed by atoms with Crippen molar-refractivity contribution >= 4 is 17.9 Å². The van der Waals surface area contributed by atoms with Gasteiger partial charge in [-0.25, -0.2) is 0 Å². The Morgan fingerprint density at radius 3 is 0.838 bits per heavy atom. The molecule has 0 fully saturated rings. The third-order valence-electron chi connectivity index (χ3n) is 14.3. The first-order valence-electron chi connectivity index (χ1n) is 32.3. The smallest absolute Gasteiger partial charge is 0.306 e. The highest BCUT2D eigenvalue weighted by Crippen LogP contribution is 2.17. The summed E-state index contributed by atoms with van der Waals surface area (Å²) in [5.74, 6) is -0.892. The van der Waals surface area contributed by atoms with E-state index in [0.717, 1.165) is 89.9 Å². The van der Waals surface area contributed by atoms with E-state index >= 15 is 0 Å². The van der Waals surface area contributed by atoms with Gasteiger partial charge in [-0.1, -0.05) is 293 Å². The van der Waals surface area contributed by atoms with E-state index in [1.807, 2.05) is 0 Å². The van der Waals surface area contributed by atoms with E-state index in [4.69, 9.17) is 14.2 Å². The highest BCUT2D eigenvalue weighted by Gasteiger charge is 2.19. The molecule has 0 radical (unpaired) electrons. The zero-order valence-electron chi connectivity index (χ0n) is 49.4. The van der Waals surface area contributed by atoms with E-state index in [1.54, 1.807) is 0 Å².